The third-order valence-electron chi connectivity index (χ3n) is 2.35. The van der Waals surface area contributed by atoms with Crippen molar-refractivity contribution in [1.82, 2.24) is 14.8 Å². The Bertz CT molecular complexity index is 563. The van der Waals surface area contributed by atoms with Gasteiger partial charge in [0.05, 0.1) is 5.69 Å². The first-order valence-electron chi connectivity index (χ1n) is 5.20. The second-order valence-electron chi connectivity index (χ2n) is 3.86. The fourth-order valence-electron chi connectivity index (χ4n) is 1.54. The van der Waals surface area contributed by atoms with Gasteiger partial charge in [0, 0.05) is 18.8 Å². The lowest BCUT2D eigenvalue weighted by Crippen LogP contribution is -1.94. The second kappa shape index (κ2) is 4.71. The Morgan fingerprint density at radius 2 is 2.12 bits per heavy atom. The van der Waals surface area contributed by atoms with Crippen LogP contribution in [0, 0.1) is 13.8 Å². The zero-order chi connectivity index (χ0) is 12.4. The first-order valence-corrected chi connectivity index (χ1v) is 6.02. The maximum atomic E-state index is 10.6. The van der Waals surface area contributed by atoms with Crippen LogP contribution in [0.1, 0.15) is 21.6 Å². The van der Waals surface area contributed by atoms with Crippen LogP contribution >= 0.6 is 11.8 Å². The molecule has 0 amide bonds. The maximum Gasteiger partial charge on any atom is 0.151 e. The molecule has 0 atom stereocenters. The lowest BCUT2D eigenvalue weighted by atomic mass is 10.2. The number of carbonyl (C=O) groups is 1. The summed E-state index contributed by atoms with van der Waals surface area (Å²) in [6.45, 7) is 3.91. The van der Waals surface area contributed by atoms with Gasteiger partial charge in [-0.3, -0.25) is 9.48 Å². The molecule has 0 aliphatic rings. The van der Waals surface area contributed by atoms with Crippen LogP contribution in [0.3, 0.4) is 0 Å². The fraction of sp³-hybridized carbons (Fsp3) is 0.250. The Balaban J connectivity index is 2.30. The first kappa shape index (κ1) is 11.9. The topological polar surface area (TPSA) is 47.8 Å². The number of nitrogens with zero attached hydrogens (tertiary/aromatic N) is 3. The minimum Gasteiger partial charge on any atom is -0.298 e. The van der Waals surface area contributed by atoms with Crippen molar-refractivity contribution in [2.75, 3.05) is 0 Å². The number of aldehydes is 1. The molecule has 0 aliphatic carbocycles. The van der Waals surface area contributed by atoms with Crippen LogP contribution in [0.2, 0.25) is 0 Å². The number of aromatic nitrogens is 3. The number of rotatable bonds is 3. The molecule has 5 heteroatoms. The molecule has 0 saturated heterocycles. The summed E-state index contributed by atoms with van der Waals surface area (Å²) in [6, 6.07) is 3.85. The van der Waals surface area contributed by atoms with Crippen molar-refractivity contribution in [3.63, 3.8) is 0 Å². The molecule has 4 nitrogen and oxygen atoms in total. The zero-order valence-corrected chi connectivity index (χ0v) is 10.8. The lowest BCUT2D eigenvalue weighted by Gasteiger charge is -2.04. The van der Waals surface area contributed by atoms with E-state index in [2.05, 4.69) is 10.1 Å². The highest BCUT2D eigenvalue weighted by Crippen LogP contribution is 2.28. The second-order valence-corrected chi connectivity index (χ2v) is 4.87. The molecule has 0 unspecified atom stereocenters. The third-order valence-corrected chi connectivity index (χ3v) is 3.56. The smallest absolute Gasteiger partial charge is 0.151 e. The Morgan fingerprint density at radius 1 is 1.35 bits per heavy atom. The highest BCUT2D eigenvalue weighted by atomic mass is 32.2. The molecular formula is C12H13N3OS. The summed E-state index contributed by atoms with van der Waals surface area (Å²) < 4.78 is 1.83. The van der Waals surface area contributed by atoms with E-state index >= 15 is 0 Å². The van der Waals surface area contributed by atoms with Gasteiger partial charge in [0.1, 0.15) is 10.1 Å². The number of aryl methyl sites for hydroxylation is 3. The molecule has 0 N–H and O–H groups in total. The average molecular weight is 247 g/mol. The van der Waals surface area contributed by atoms with Gasteiger partial charge >= 0.3 is 0 Å². The molecular weight excluding hydrogens is 234 g/mol. The van der Waals surface area contributed by atoms with Crippen LogP contribution in [-0.4, -0.2) is 21.1 Å². The lowest BCUT2D eigenvalue weighted by molar-refractivity contribution is 0.112. The van der Waals surface area contributed by atoms with Gasteiger partial charge in [-0.05, 0) is 31.5 Å². The Hall–Kier alpha value is -1.62. The molecule has 0 saturated carbocycles. The van der Waals surface area contributed by atoms with Crippen LogP contribution < -0.4 is 0 Å². The first-order chi connectivity index (χ1) is 8.10. The molecule has 2 rings (SSSR count). The number of carbonyl (C=O) groups excluding carboxylic acids is 1. The maximum absolute atomic E-state index is 10.6. The standard InChI is InChI=1S/C12H13N3OS/c1-8-4-10(7-16)6-13-12(8)17-11-5-9(2)14-15(11)3/h4-7H,1-3H3. The van der Waals surface area contributed by atoms with Crippen molar-refractivity contribution in [3.05, 3.63) is 35.2 Å². The summed E-state index contributed by atoms with van der Waals surface area (Å²) in [4.78, 5) is 14.9. The van der Waals surface area contributed by atoms with Gasteiger partial charge in [-0.15, -0.1) is 0 Å². The molecule has 2 heterocycles. The van der Waals surface area contributed by atoms with Crippen molar-refractivity contribution >= 4 is 18.0 Å². The summed E-state index contributed by atoms with van der Waals surface area (Å²) in [5, 5.41) is 6.22. The molecule has 88 valence electrons. The Kier molecular flexibility index (Phi) is 3.28. The highest BCUT2D eigenvalue weighted by Gasteiger charge is 2.08. The Labute approximate surface area is 104 Å². The molecule has 2 aromatic rings. The number of pyridine rings is 1. The van der Waals surface area contributed by atoms with E-state index in [9.17, 15) is 4.79 Å². The predicted octanol–water partition coefficient (Wildman–Crippen LogP) is 2.40. The van der Waals surface area contributed by atoms with Crippen LogP contribution in [0.5, 0.6) is 0 Å². The largest absolute Gasteiger partial charge is 0.298 e. The molecule has 0 aromatic carbocycles. The van der Waals surface area contributed by atoms with Crippen molar-refractivity contribution in [3.8, 4) is 0 Å². The van der Waals surface area contributed by atoms with Gasteiger partial charge < -0.3 is 0 Å². The summed E-state index contributed by atoms with van der Waals surface area (Å²) in [7, 11) is 1.91. The van der Waals surface area contributed by atoms with E-state index in [1.807, 2.05) is 37.7 Å². The van der Waals surface area contributed by atoms with E-state index in [1.165, 1.54) is 0 Å². The van der Waals surface area contributed by atoms with E-state index in [-0.39, 0.29) is 0 Å². The number of hydrogen-bond donors (Lipinski definition) is 0. The van der Waals surface area contributed by atoms with Crippen molar-refractivity contribution in [2.24, 2.45) is 7.05 Å². The van der Waals surface area contributed by atoms with Gasteiger partial charge in [0.15, 0.2) is 6.29 Å². The minimum atomic E-state index is 0.605. The third kappa shape index (κ3) is 2.55. The molecule has 17 heavy (non-hydrogen) atoms. The van der Waals surface area contributed by atoms with E-state index in [1.54, 1.807) is 18.0 Å². The summed E-state index contributed by atoms with van der Waals surface area (Å²) in [5.41, 5.74) is 2.59. The van der Waals surface area contributed by atoms with Crippen molar-refractivity contribution in [1.29, 1.82) is 0 Å². The van der Waals surface area contributed by atoms with E-state index in [0.29, 0.717) is 5.56 Å². The van der Waals surface area contributed by atoms with Gasteiger partial charge in [0.2, 0.25) is 0 Å². The molecule has 0 spiro atoms. The van der Waals surface area contributed by atoms with Crippen molar-refractivity contribution in [2.45, 2.75) is 23.9 Å². The zero-order valence-electron chi connectivity index (χ0n) is 9.97. The van der Waals surface area contributed by atoms with Gasteiger partial charge in [-0.2, -0.15) is 5.10 Å². The molecule has 0 bridgehead atoms. The normalized spacial score (nSPS) is 10.5. The van der Waals surface area contributed by atoms with Gasteiger partial charge in [-0.1, -0.05) is 11.8 Å². The predicted molar refractivity (Wildman–Crippen MR) is 66.4 cm³/mol. The quantitative estimate of drug-likeness (QED) is 0.781. The van der Waals surface area contributed by atoms with Gasteiger partial charge in [-0.25, -0.2) is 4.98 Å². The van der Waals surface area contributed by atoms with Crippen LogP contribution in [0.25, 0.3) is 0 Å². The molecule has 0 fully saturated rings. The van der Waals surface area contributed by atoms with Crippen LogP contribution in [-0.2, 0) is 7.05 Å². The van der Waals surface area contributed by atoms with Gasteiger partial charge in [0.25, 0.3) is 0 Å². The van der Waals surface area contributed by atoms with Crippen LogP contribution in [0.4, 0.5) is 0 Å². The SMILES string of the molecule is Cc1cc(Sc2ncc(C=O)cc2C)n(C)n1. The molecule has 0 radical (unpaired) electrons. The monoisotopic (exact) mass is 247 g/mol. The number of hydrogen-bond acceptors (Lipinski definition) is 4. The minimum absolute atomic E-state index is 0.605. The summed E-state index contributed by atoms with van der Waals surface area (Å²) >= 11 is 1.55. The fourth-order valence-corrected chi connectivity index (χ4v) is 2.46. The summed E-state index contributed by atoms with van der Waals surface area (Å²) in [5.74, 6) is 0. The van der Waals surface area contributed by atoms with E-state index in [4.69, 9.17) is 0 Å². The van der Waals surface area contributed by atoms with E-state index in [0.717, 1.165) is 27.6 Å². The molecule has 2 aromatic heterocycles. The Morgan fingerprint density at radius 3 is 2.65 bits per heavy atom. The molecule has 0 aliphatic heterocycles. The summed E-state index contributed by atoms with van der Waals surface area (Å²) in [6.07, 6.45) is 2.40. The van der Waals surface area contributed by atoms with Crippen molar-refractivity contribution < 1.29 is 4.79 Å². The average Bonchev–Trinajstić information content (AvgIpc) is 2.60. The highest BCUT2D eigenvalue weighted by molar-refractivity contribution is 7.99. The van der Waals surface area contributed by atoms with Crippen LogP contribution in [0.15, 0.2) is 28.4 Å². The van der Waals surface area contributed by atoms with E-state index < -0.39 is 0 Å².